The van der Waals surface area contributed by atoms with Crippen LogP contribution in [0.3, 0.4) is 0 Å². The van der Waals surface area contributed by atoms with Crippen LogP contribution in [0.5, 0.6) is 17.2 Å². The van der Waals surface area contributed by atoms with Gasteiger partial charge in [0.2, 0.25) is 11.7 Å². The number of rotatable bonds is 4. The summed E-state index contributed by atoms with van der Waals surface area (Å²) in [5.74, 6) is 2.50. The van der Waals surface area contributed by atoms with Gasteiger partial charge in [-0.3, -0.25) is 9.36 Å². The lowest BCUT2D eigenvalue weighted by molar-refractivity contribution is -0.118. The van der Waals surface area contributed by atoms with Crippen molar-refractivity contribution in [3.63, 3.8) is 0 Å². The third-order valence-corrected chi connectivity index (χ3v) is 6.31. The molecule has 3 aromatic rings. The van der Waals surface area contributed by atoms with Gasteiger partial charge >= 0.3 is 0 Å². The number of imidazole rings is 1. The van der Waals surface area contributed by atoms with Gasteiger partial charge in [0.05, 0.1) is 38.4 Å². The maximum absolute atomic E-state index is 13.5. The number of para-hydroxylation sites is 2. The fourth-order valence-electron chi connectivity index (χ4n) is 5.00. The van der Waals surface area contributed by atoms with Crippen LogP contribution in [0.2, 0.25) is 0 Å². The van der Waals surface area contributed by atoms with Gasteiger partial charge < -0.3 is 19.5 Å². The Balaban J connectivity index is 1.81. The summed E-state index contributed by atoms with van der Waals surface area (Å²) in [5.41, 5.74) is 4.31. The molecule has 5 rings (SSSR count). The van der Waals surface area contributed by atoms with Crippen LogP contribution in [0.15, 0.2) is 47.7 Å². The summed E-state index contributed by atoms with van der Waals surface area (Å²) in [6, 6.07) is 11.5. The topological polar surface area (TPSA) is 74.6 Å². The van der Waals surface area contributed by atoms with Crippen LogP contribution in [0.4, 0.5) is 5.95 Å². The molecule has 0 bridgehead atoms. The maximum Gasteiger partial charge on any atom is 0.209 e. The van der Waals surface area contributed by atoms with Crippen molar-refractivity contribution in [1.82, 2.24) is 9.55 Å². The molecule has 0 saturated heterocycles. The average molecular weight is 434 g/mol. The van der Waals surface area contributed by atoms with Crippen LogP contribution < -0.4 is 19.5 Å². The number of carbonyl (C=O) groups excluding carboxylic acids is 1. The predicted molar refractivity (Wildman–Crippen MR) is 123 cm³/mol. The van der Waals surface area contributed by atoms with Crippen LogP contribution in [0.25, 0.3) is 11.0 Å². The molecule has 1 aliphatic carbocycles. The first-order valence-corrected chi connectivity index (χ1v) is 10.7. The van der Waals surface area contributed by atoms with Crippen LogP contribution in [-0.2, 0) is 4.79 Å². The van der Waals surface area contributed by atoms with Crippen LogP contribution in [0.1, 0.15) is 38.3 Å². The first-order valence-electron chi connectivity index (χ1n) is 10.7. The van der Waals surface area contributed by atoms with Crippen molar-refractivity contribution in [2.24, 2.45) is 5.41 Å². The molecular formula is C25H27N3O4. The highest BCUT2D eigenvalue weighted by molar-refractivity contribution is 6.01. The molecule has 1 aliphatic heterocycles. The van der Waals surface area contributed by atoms with E-state index >= 15 is 0 Å². The largest absolute Gasteiger partial charge is 0.493 e. The molecule has 166 valence electrons. The average Bonchev–Trinajstić information content (AvgIpc) is 3.13. The van der Waals surface area contributed by atoms with E-state index in [0.29, 0.717) is 23.7 Å². The van der Waals surface area contributed by atoms with Gasteiger partial charge in [0.1, 0.15) is 0 Å². The second-order valence-electron chi connectivity index (χ2n) is 9.11. The fraction of sp³-hybridized carbons (Fsp3) is 0.360. The molecule has 2 aliphatic rings. The van der Waals surface area contributed by atoms with Gasteiger partial charge in [-0.25, -0.2) is 4.98 Å². The van der Waals surface area contributed by atoms with E-state index in [-0.39, 0.29) is 17.2 Å². The second-order valence-corrected chi connectivity index (χ2v) is 9.11. The lowest BCUT2D eigenvalue weighted by atomic mass is 9.73. The number of nitrogens with zero attached hydrogens (tertiary/aromatic N) is 2. The highest BCUT2D eigenvalue weighted by atomic mass is 16.5. The van der Waals surface area contributed by atoms with Gasteiger partial charge in [0.15, 0.2) is 17.3 Å². The number of aromatic nitrogens is 2. The maximum atomic E-state index is 13.5. The standard InChI is InChI=1S/C25H27N3O4/c1-25(2)12-16-21(18(29)13-25)22(14-10-19(30-3)23(32-5)20(11-14)31-4)28-17-9-7-6-8-15(17)26-24(28)27-16/h6-11,22H,12-13H2,1-5H3,(H,26,27)/t22-/m0/s1. The van der Waals surface area contributed by atoms with E-state index < -0.39 is 0 Å². The van der Waals surface area contributed by atoms with E-state index in [0.717, 1.165) is 40.2 Å². The Morgan fingerprint density at radius 2 is 1.72 bits per heavy atom. The number of methoxy groups -OCH3 is 3. The first kappa shape index (κ1) is 20.4. The molecule has 0 radical (unpaired) electrons. The molecule has 2 heterocycles. The fourth-order valence-corrected chi connectivity index (χ4v) is 5.00. The Hall–Kier alpha value is -3.48. The Bertz CT molecular complexity index is 1250. The number of Topliss-reactive ketones (excluding diaryl/α,β-unsaturated/α-hetero) is 1. The number of ketones is 1. The molecule has 2 aromatic carbocycles. The number of benzene rings is 2. The lowest BCUT2D eigenvalue weighted by Crippen LogP contribution is -2.36. The molecule has 0 spiro atoms. The van der Waals surface area contributed by atoms with Gasteiger partial charge in [-0.1, -0.05) is 26.0 Å². The Morgan fingerprint density at radius 1 is 1.03 bits per heavy atom. The minimum absolute atomic E-state index is 0.114. The highest BCUT2D eigenvalue weighted by Gasteiger charge is 2.42. The number of ether oxygens (including phenoxy) is 3. The Labute approximate surface area is 187 Å². The molecule has 1 atom stereocenters. The zero-order valence-corrected chi connectivity index (χ0v) is 19.0. The summed E-state index contributed by atoms with van der Waals surface area (Å²) >= 11 is 0. The van der Waals surface area contributed by atoms with E-state index in [1.807, 2.05) is 36.4 Å². The van der Waals surface area contributed by atoms with Gasteiger partial charge in [-0.15, -0.1) is 0 Å². The predicted octanol–water partition coefficient (Wildman–Crippen LogP) is 4.72. The lowest BCUT2D eigenvalue weighted by Gasteiger charge is -2.39. The SMILES string of the molecule is COc1cc([C@H]2C3=C(CC(C)(C)CC3=O)Nc3nc4ccccc4n32)cc(OC)c1OC. The van der Waals surface area contributed by atoms with Crippen molar-refractivity contribution in [3.05, 3.63) is 53.2 Å². The minimum atomic E-state index is -0.356. The van der Waals surface area contributed by atoms with Crippen LogP contribution in [-0.4, -0.2) is 36.7 Å². The highest BCUT2D eigenvalue weighted by Crippen LogP contribution is 2.49. The molecule has 0 saturated carbocycles. The zero-order chi connectivity index (χ0) is 22.6. The van der Waals surface area contributed by atoms with E-state index in [2.05, 4.69) is 23.7 Å². The van der Waals surface area contributed by atoms with E-state index in [1.54, 1.807) is 21.3 Å². The monoisotopic (exact) mass is 433 g/mol. The number of allylic oxidation sites excluding steroid dienone is 2. The number of anilines is 1. The van der Waals surface area contributed by atoms with Crippen molar-refractivity contribution in [2.75, 3.05) is 26.6 Å². The molecule has 1 N–H and O–H groups in total. The van der Waals surface area contributed by atoms with Gasteiger partial charge in [0, 0.05) is 17.7 Å². The number of hydrogen-bond acceptors (Lipinski definition) is 6. The normalized spacial score (nSPS) is 19.3. The Morgan fingerprint density at radius 3 is 2.38 bits per heavy atom. The molecular weight excluding hydrogens is 406 g/mol. The summed E-state index contributed by atoms with van der Waals surface area (Å²) in [6.07, 6.45) is 1.27. The van der Waals surface area contributed by atoms with Crippen molar-refractivity contribution >= 4 is 22.8 Å². The second kappa shape index (κ2) is 7.29. The molecule has 0 amide bonds. The van der Waals surface area contributed by atoms with Gasteiger partial charge in [-0.05, 0) is 41.7 Å². The molecule has 7 nitrogen and oxygen atoms in total. The zero-order valence-electron chi connectivity index (χ0n) is 19.0. The summed E-state index contributed by atoms with van der Waals surface area (Å²) in [5, 5.41) is 3.48. The molecule has 0 unspecified atom stereocenters. The summed E-state index contributed by atoms with van der Waals surface area (Å²) in [4.78, 5) is 18.3. The number of hydrogen-bond donors (Lipinski definition) is 1. The van der Waals surface area contributed by atoms with Crippen molar-refractivity contribution in [1.29, 1.82) is 0 Å². The summed E-state index contributed by atoms with van der Waals surface area (Å²) in [6.45, 7) is 4.25. The smallest absolute Gasteiger partial charge is 0.209 e. The number of carbonyl (C=O) groups is 1. The first-order chi connectivity index (χ1) is 15.4. The molecule has 0 fully saturated rings. The molecule has 32 heavy (non-hydrogen) atoms. The van der Waals surface area contributed by atoms with Crippen molar-refractivity contribution in [3.8, 4) is 17.2 Å². The van der Waals surface area contributed by atoms with E-state index in [1.165, 1.54) is 0 Å². The third kappa shape index (κ3) is 3.03. The number of fused-ring (bicyclic) bond motifs is 3. The van der Waals surface area contributed by atoms with Gasteiger partial charge in [-0.2, -0.15) is 0 Å². The van der Waals surface area contributed by atoms with Crippen molar-refractivity contribution in [2.45, 2.75) is 32.7 Å². The number of nitrogens with one attached hydrogen (secondary N) is 1. The minimum Gasteiger partial charge on any atom is -0.493 e. The summed E-state index contributed by atoms with van der Waals surface area (Å²) < 4.78 is 18.9. The molecule has 7 heteroatoms. The van der Waals surface area contributed by atoms with Crippen molar-refractivity contribution < 1.29 is 19.0 Å². The quantitative estimate of drug-likeness (QED) is 0.642. The van der Waals surface area contributed by atoms with Crippen LogP contribution in [0, 0.1) is 5.41 Å². The molecule has 1 aromatic heterocycles. The van der Waals surface area contributed by atoms with E-state index in [9.17, 15) is 4.79 Å². The van der Waals surface area contributed by atoms with Crippen LogP contribution >= 0.6 is 0 Å². The van der Waals surface area contributed by atoms with E-state index in [4.69, 9.17) is 19.2 Å². The summed E-state index contributed by atoms with van der Waals surface area (Å²) in [7, 11) is 4.78. The Kier molecular flexibility index (Phi) is 4.65. The third-order valence-electron chi connectivity index (χ3n) is 6.31. The van der Waals surface area contributed by atoms with Gasteiger partial charge in [0.25, 0.3) is 0 Å².